The fourth-order valence-corrected chi connectivity index (χ4v) is 3.52. The van der Waals surface area contributed by atoms with Crippen LogP contribution in [0.5, 0.6) is 0 Å². The Morgan fingerprint density at radius 1 is 1.07 bits per heavy atom. The van der Waals surface area contributed by atoms with E-state index < -0.39 is 0 Å². The minimum Gasteiger partial charge on any atom is -0.354 e. The van der Waals surface area contributed by atoms with Crippen molar-refractivity contribution in [3.05, 3.63) is 69.2 Å². The summed E-state index contributed by atoms with van der Waals surface area (Å²) in [6.45, 7) is 5.15. The normalized spacial score (nSPS) is 14.4. The lowest BCUT2D eigenvalue weighted by atomic mass is 9.99. The summed E-state index contributed by atoms with van der Waals surface area (Å²) in [5, 5.41) is 6.66. The monoisotopic (exact) mass is 419 g/mol. The second kappa shape index (κ2) is 9.41. The Hall–Kier alpha value is -2.08. The molecule has 28 heavy (non-hydrogen) atoms. The number of nitrogens with one attached hydrogen (secondary N) is 2. The first-order valence-corrected chi connectivity index (χ1v) is 9.94. The van der Waals surface area contributed by atoms with Gasteiger partial charge in [0.25, 0.3) is 5.91 Å². The first-order chi connectivity index (χ1) is 13.4. The van der Waals surface area contributed by atoms with E-state index in [4.69, 9.17) is 23.2 Å². The zero-order chi connectivity index (χ0) is 20.1. The number of rotatable bonds is 7. The molecule has 0 unspecified atom stereocenters. The van der Waals surface area contributed by atoms with Crippen molar-refractivity contribution in [2.75, 3.05) is 26.2 Å². The predicted molar refractivity (Wildman–Crippen MR) is 112 cm³/mol. The number of hydrogen-bond donors (Lipinski definition) is 2. The van der Waals surface area contributed by atoms with Gasteiger partial charge in [0.2, 0.25) is 5.91 Å². The van der Waals surface area contributed by atoms with Crippen molar-refractivity contribution in [1.82, 2.24) is 15.5 Å². The van der Waals surface area contributed by atoms with Crippen molar-refractivity contribution in [1.29, 1.82) is 0 Å². The van der Waals surface area contributed by atoms with E-state index in [9.17, 15) is 9.59 Å². The molecule has 1 saturated heterocycles. The molecular weight excluding hydrogens is 397 g/mol. The van der Waals surface area contributed by atoms with Gasteiger partial charge in [0, 0.05) is 37.7 Å². The molecule has 2 aromatic carbocycles. The van der Waals surface area contributed by atoms with E-state index in [-0.39, 0.29) is 18.4 Å². The Kier molecular flexibility index (Phi) is 6.94. The first kappa shape index (κ1) is 20.6. The second-order valence-electron chi connectivity index (χ2n) is 7.16. The maximum absolute atomic E-state index is 12.1. The highest BCUT2D eigenvalue weighted by molar-refractivity contribution is 6.42. The number of halogens is 2. The molecule has 1 aliphatic heterocycles. The standard InChI is InChI=1S/C21H23Cl2N3O2/c1-14-3-2-4-17(7-14)21(28)25-10-20(27)24-9-16-12-26(13-16)11-15-5-6-18(22)19(23)8-15/h2-8,16H,9-13H2,1H3,(H,24,27)(H,25,28). The third-order valence-corrected chi connectivity index (χ3v) is 5.44. The largest absolute Gasteiger partial charge is 0.354 e. The van der Waals surface area contributed by atoms with Crippen molar-refractivity contribution in [2.45, 2.75) is 13.5 Å². The van der Waals surface area contributed by atoms with Crippen molar-refractivity contribution in [2.24, 2.45) is 5.92 Å². The Morgan fingerprint density at radius 3 is 2.57 bits per heavy atom. The van der Waals surface area contributed by atoms with Gasteiger partial charge in [-0.15, -0.1) is 0 Å². The molecule has 0 radical (unpaired) electrons. The summed E-state index contributed by atoms with van der Waals surface area (Å²) in [4.78, 5) is 26.3. The Labute approximate surface area is 175 Å². The molecule has 0 bridgehead atoms. The second-order valence-corrected chi connectivity index (χ2v) is 7.98. The van der Waals surface area contributed by atoms with E-state index in [0.29, 0.717) is 28.1 Å². The average molecular weight is 420 g/mol. The van der Waals surface area contributed by atoms with Crippen LogP contribution in [0.3, 0.4) is 0 Å². The number of carbonyl (C=O) groups is 2. The minimum atomic E-state index is -0.240. The van der Waals surface area contributed by atoms with E-state index >= 15 is 0 Å². The van der Waals surface area contributed by atoms with Gasteiger partial charge in [-0.2, -0.15) is 0 Å². The van der Waals surface area contributed by atoms with Crippen LogP contribution < -0.4 is 10.6 Å². The Morgan fingerprint density at radius 2 is 1.86 bits per heavy atom. The van der Waals surface area contributed by atoms with Gasteiger partial charge >= 0.3 is 0 Å². The minimum absolute atomic E-state index is 0.0213. The lowest BCUT2D eigenvalue weighted by Gasteiger charge is -2.39. The Bertz CT molecular complexity index is 866. The van der Waals surface area contributed by atoms with Gasteiger partial charge in [-0.25, -0.2) is 0 Å². The lowest BCUT2D eigenvalue weighted by molar-refractivity contribution is -0.120. The van der Waals surface area contributed by atoms with Crippen LogP contribution in [0, 0.1) is 12.8 Å². The topological polar surface area (TPSA) is 61.4 Å². The fourth-order valence-electron chi connectivity index (χ4n) is 3.20. The number of hydrogen-bond acceptors (Lipinski definition) is 3. The van der Waals surface area contributed by atoms with Crippen LogP contribution in [0.1, 0.15) is 21.5 Å². The van der Waals surface area contributed by atoms with Gasteiger partial charge in [-0.3, -0.25) is 14.5 Å². The highest BCUT2D eigenvalue weighted by atomic mass is 35.5. The lowest BCUT2D eigenvalue weighted by Crippen LogP contribution is -2.51. The number of carbonyl (C=O) groups excluding carboxylic acids is 2. The van der Waals surface area contributed by atoms with Crippen molar-refractivity contribution >= 4 is 35.0 Å². The number of likely N-dealkylation sites (tertiary alicyclic amines) is 1. The van der Waals surface area contributed by atoms with Crippen LogP contribution in [-0.4, -0.2) is 42.9 Å². The van der Waals surface area contributed by atoms with Crippen molar-refractivity contribution in [3.63, 3.8) is 0 Å². The molecule has 5 nitrogen and oxygen atoms in total. The highest BCUT2D eigenvalue weighted by Gasteiger charge is 2.26. The summed E-state index contributed by atoms with van der Waals surface area (Å²) >= 11 is 12.0. The third-order valence-electron chi connectivity index (χ3n) is 4.70. The number of aryl methyl sites for hydroxylation is 1. The summed E-state index contributed by atoms with van der Waals surface area (Å²) in [5.41, 5.74) is 2.69. The van der Waals surface area contributed by atoms with Gasteiger partial charge in [-0.1, -0.05) is 47.0 Å². The van der Waals surface area contributed by atoms with Crippen molar-refractivity contribution in [3.8, 4) is 0 Å². The first-order valence-electron chi connectivity index (χ1n) is 9.18. The summed E-state index contributed by atoms with van der Waals surface area (Å²) in [5.74, 6) is -0.00146. The van der Waals surface area contributed by atoms with Crippen LogP contribution in [0.4, 0.5) is 0 Å². The smallest absolute Gasteiger partial charge is 0.251 e. The SMILES string of the molecule is Cc1cccc(C(=O)NCC(=O)NCC2CN(Cc3ccc(Cl)c(Cl)c3)C2)c1. The van der Waals surface area contributed by atoms with Gasteiger partial charge in [0.15, 0.2) is 0 Å². The molecule has 0 saturated carbocycles. The summed E-state index contributed by atoms with van der Waals surface area (Å²) in [6, 6.07) is 12.9. The molecule has 1 fully saturated rings. The molecular formula is C21H23Cl2N3O2. The zero-order valence-corrected chi connectivity index (χ0v) is 17.2. The van der Waals surface area contributed by atoms with Gasteiger partial charge < -0.3 is 10.6 Å². The molecule has 0 atom stereocenters. The summed E-state index contributed by atoms with van der Waals surface area (Å²) in [6.07, 6.45) is 0. The summed E-state index contributed by atoms with van der Waals surface area (Å²) < 4.78 is 0. The van der Waals surface area contributed by atoms with Crippen LogP contribution >= 0.6 is 23.2 Å². The van der Waals surface area contributed by atoms with Crippen LogP contribution in [0.25, 0.3) is 0 Å². The maximum Gasteiger partial charge on any atom is 0.251 e. The van der Waals surface area contributed by atoms with Crippen molar-refractivity contribution < 1.29 is 9.59 Å². The van der Waals surface area contributed by atoms with E-state index in [2.05, 4.69) is 15.5 Å². The quantitative estimate of drug-likeness (QED) is 0.723. The molecule has 1 heterocycles. The average Bonchev–Trinajstić information content (AvgIpc) is 2.64. The highest BCUT2D eigenvalue weighted by Crippen LogP contribution is 2.25. The summed E-state index contributed by atoms with van der Waals surface area (Å²) in [7, 11) is 0. The number of nitrogens with zero attached hydrogens (tertiary/aromatic N) is 1. The molecule has 2 N–H and O–H groups in total. The van der Waals surface area contributed by atoms with Crippen LogP contribution in [0.2, 0.25) is 10.0 Å². The number of amides is 2. The molecule has 148 valence electrons. The van der Waals surface area contributed by atoms with Crippen LogP contribution in [-0.2, 0) is 11.3 Å². The zero-order valence-electron chi connectivity index (χ0n) is 15.7. The molecule has 7 heteroatoms. The molecule has 0 spiro atoms. The number of benzene rings is 2. The van der Waals surface area contributed by atoms with Gasteiger partial charge in [0.05, 0.1) is 16.6 Å². The molecule has 2 aromatic rings. The Balaban J connectivity index is 1.33. The van der Waals surface area contributed by atoms with E-state index in [0.717, 1.165) is 30.8 Å². The predicted octanol–water partition coefficient (Wildman–Crippen LogP) is 3.28. The maximum atomic E-state index is 12.1. The van der Waals surface area contributed by atoms with Crippen LogP contribution in [0.15, 0.2) is 42.5 Å². The van der Waals surface area contributed by atoms with E-state index in [1.807, 2.05) is 37.3 Å². The van der Waals surface area contributed by atoms with Gasteiger partial charge in [0.1, 0.15) is 0 Å². The van der Waals surface area contributed by atoms with E-state index in [1.54, 1.807) is 12.1 Å². The van der Waals surface area contributed by atoms with E-state index in [1.165, 1.54) is 0 Å². The third kappa shape index (κ3) is 5.71. The molecule has 3 rings (SSSR count). The molecule has 2 amide bonds. The van der Waals surface area contributed by atoms with Gasteiger partial charge in [-0.05, 0) is 36.8 Å². The molecule has 1 aliphatic rings. The molecule has 0 aromatic heterocycles. The molecule has 0 aliphatic carbocycles. The fraction of sp³-hybridized carbons (Fsp3) is 0.333.